The van der Waals surface area contributed by atoms with E-state index in [-0.39, 0.29) is 21.0 Å². The van der Waals surface area contributed by atoms with Gasteiger partial charge in [0.05, 0.1) is 15.5 Å². The highest BCUT2D eigenvalue weighted by molar-refractivity contribution is 7.89. The molecule has 0 unspecified atom stereocenters. The summed E-state index contributed by atoms with van der Waals surface area (Å²) in [4.78, 5) is 24.7. The maximum absolute atomic E-state index is 12.9. The number of hydrogen-bond acceptors (Lipinski definition) is 5. The van der Waals surface area contributed by atoms with Crippen molar-refractivity contribution in [2.45, 2.75) is 30.6 Å². The van der Waals surface area contributed by atoms with Crippen LogP contribution in [0, 0.1) is 0 Å². The molecule has 3 rings (SSSR count). The van der Waals surface area contributed by atoms with Gasteiger partial charge in [-0.05, 0) is 49.2 Å². The molecule has 1 saturated heterocycles. The number of halogens is 2. The van der Waals surface area contributed by atoms with E-state index in [9.17, 15) is 18.0 Å². The summed E-state index contributed by atoms with van der Waals surface area (Å²) in [6.07, 6.45) is 3.64. The van der Waals surface area contributed by atoms with Gasteiger partial charge >= 0.3 is 5.97 Å². The minimum absolute atomic E-state index is 0.0306. The number of nitrogens with zero attached hydrogens (tertiary/aromatic N) is 1. The molecular weight excluding hydrogens is 449 g/mol. The second-order valence-electron chi connectivity index (χ2n) is 6.97. The van der Waals surface area contributed by atoms with Gasteiger partial charge in [-0.1, -0.05) is 42.1 Å². The first-order valence-corrected chi connectivity index (χ1v) is 11.7. The van der Waals surface area contributed by atoms with Gasteiger partial charge in [0.25, 0.3) is 0 Å². The summed E-state index contributed by atoms with van der Waals surface area (Å²) in [5, 5.41) is 0.534. The van der Waals surface area contributed by atoms with Gasteiger partial charge in [-0.3, -0.25) is 4.79 Å². The Hall–Kier alpha value is -1.93. The minimum Gasteiger partial charge on any atom is -0.454 e. The topological polar surface area (TPSA) is 80.8 Å². The number of sulfonamides is 1. The van der Waals surface area contributed by atoms with Crippen LogP contribution in [-0.4, -0.2) is 44.2 Å². The van der Waals surface area contributed by atoms with Crippen LogP contribution in [0.3, 0.4) is 0 Å². The van der Waals surface area contributed by atoms with Crippen LogP contribution in [0.2, 0.25) is 10.0 Å². The van der Waals surface area contributed by atoms with Crippen molar-refractivity contribution in [3.63, 3.8) is 0 Å². The Balaban J connectivity index is 1.71. The molecule has 0 amide bonds. The molecular formula is C21H21Cl2NO5S. The summed E-state index contributed by atoms with van der Waals surface area (Å²) in [6.45, 7) is 0.389. The van der Waals surface area contributed by atoms with Crippen molar-refractivity contribution >= 4 is 45.0 Å². The zero-order valence-corrected chi connectivity index (χ0v) is 18.5. The lowest BCUT2D eigenvalue weighted by Gasteiger charge is -2.20. The van der Waals surface area contributed by atoms with Crippen molar-refractivity contribution in [1.82, 2.24) is 4.31 Å². The van der Waals surface area contributed by atoms with Crippen LogP contribution >= 0.6 is 23.2 Å². The molecule has 1 fully saturated rings. The molecule has 0 radical (unpaired) electrons. The number of hydrogen-bond donors (Lipinski definition) is 0. The van der Waals surface area contributed by atoms with Gasteiger partial charge in [-0.15, -0.1) is 0 Å². The Morgan fingerprint density at radius 3 is 2.37 bits per heavy atom. The Morgan fingerprint density at radius 2 is 1.67 bits per heavy atom. The van der Waals surface area contributed by atoms with Crippen molar-refractivity contribution < 1.29 is 22.7 Å². The third kappa shape index (κ3) is 5.40. The third-order valence-electron chi connectivity index (χ3n) is 4.84. The molecule has 30 heavy (non-hydrogen) atoms. The molecule has 1 aliphatic heterocycles. The van der Waals surface area contributed by atoms with Gasteiger partial charge in [0.1, 0.15) is 0 Å². The van der Waals surface area contributed by atoms with E-state index in [0.29, 0.717) is 18.1 Å². The highest BCUT2D eigenvalue weighted by atomic mass is 35.5. The Kier molecular flexibility index (Phi) is 7.52. The van der Waals surface area contributed by atoms with Crippen LogP contribution in [0.5, 0.6) is 0 Å². The molecule has 0 atom stereocenters. The zero-order valence-electron chi connectivity index (χ0n) is 16.1. The number of carbonyl (C=O) groups is 2. The molecule has 0 aliphatic carbocycles. The highest BCUT2D eigenvalue weighted by Crippen LogP contribution is 2.23. The van der Waals surface area contributed by atoms with Gasteiger partial charge in [-0.2, -0.15) is 4.31 Å². The second kappa shape index (κ2) is 9.92. The average Bonchev–Trinajstić information content (AvgIpc) is 3.04. The maximum Gasteiger partial charge on any atom is 0.338 e. The number of esters is 1. The second-order valence-corrected chi connectivity index (χ2v) is 9.75. The summed E-state index contributed by atoms with van der Waals surface area (Å²) >= 11 is 11.9. The Bertz CT molecular complexity index is 1050. The highest BCUT2D eigenvalue weighted by Gasteiger charge is 2.26. The van der Waals surface area contributed by atoms with Crippen LogP contribution in [0.15, 0.2) is 47.4 Å². The summed E-state index contributed by atoms with van der Waals surface area (Å²) < 4.78 is 32.4. The summed E-state index contributed by atoms with van der Waals surface area (Å²) in [5.41, 5.74) is 0.199. The molecule has 2 aromatic carbocycles. The van der Waals surface area contributed by atoms with E-state index in [1.807, 2.05) is 0 Å². The van der Waals surface area contributed by atoms with Crippen LogP contribution < -0.4 is 0 Å². The SMILES string of the molecule is O=C(OCC(=O)c1cc(Cl)ccc1Cl)c1cccc(S(=O)(=O)N2CCCCCC2)c1. The standard InChI is InChI=1S/C21H21Cl2NO5S/c22-16-8-9-19(23)18(13-16)20(25)14-29-21(26)15-6-5-7-17(12-15)30(27,28)24-10-3-1-2-4-11-24/h5-9,12-13H,1-4,10-11,14H2. The number of benzene rings is 2. The van der Waals surface area contributed by atoms with Crippen molar-refractivity contribution in [2.24, 2.45) is 0 Å². The molecule has 0 spiro atoms. The lowest BCUT2D eigenvalue weighted by molar-refractivity contribution is 0.0474. The first-order chi connectivity index (χ1) is 14.3. The number of ether oxygens (including phenoxy) is 1. The fraction of sp³-hybridized carbons (Fsp3) is 0.333. The lowest BCUT2D eigenvalue weighted by Crippen LogP contribution is -2.32. The number of rotatable bonds is 6. The molecule has 160 valence electrons. The fourth-order valence-corrected chi connectivity index (χ4v) is 5.18. The predicted molar refractivity (Wildman–Crippen MR) is 115 cm³/mol. The van der Waals surface area contributed by atoms with E-state index < -0.39 is 28.4 Å². The monoisotopic (exact) mass is 469 g/mol. The van der Waals surface area contributed by atoms with Gasteiger partial charge < -0.3 is 4.74 Å². The van der Waals surface area contributed by atoms with E-state index in [0.717, 1.165) is 25.7 Å². The molecule has 1 heterocycles. The quantitative estimate of drug-likeness (QED) is 0.456. The van der Waals surface area contributed by atoms with E-state index in [1.54, 1.807) is 6.07 Å². The fourth-order valence-electron chi connectivity index (χ4n) is 3.22. The Morgan fingerprint density at radius 1 is 0.967 bits per heavy atom. The van der Waals surface area contributed by atoms with Crippen molar-refractivity contribution in [1.29, 1.82) is 0 Å². The van der Waals surface area contributed by atoms with Crippen LogP contribution in [0.25, 0.3) is 0 Å². The van der Waals surface area contributed by atoms with E-state index in [1.165, 1.54) is 40.7 Å². The Labute approximate surface area is 185 Å². The largest absolute Gasteiger partial charge is 0.454 e. The molecule has 0 bridgehead atoms. The molecule has 1 aliphatic rings. The van der Waals surface area contributed by atoms with Crippen LogP contribution in [0.1, 0.15) is 46.4 Å². The molecule has 9 heteroatoms. The first kappa shape index (κ1) is 22.7. The third-order valence-corrected chi connectivity index (χ3v) is 7.30. The number of ketones is 1. The lowest BCUT2D eigenvalue weighted by atomic mass is 10.1. The average molecular weight is 470 g/mol. The predicted octanol–water partition coefficient (Wildman–Crippen LogP) is 4.60. The van der Waals surface area contributed by atoms with Gasteiger partial charge in [0.15, 0.2) is 6.61 Å². The van der Waals surface area contributed by atoms with Crippen LogP contribution in [0.4, 0.5) is 0 Å². The molecule has 2 aromatic rings. The maximum atomic E-state index is 12.9. The first-order valence-electron chi connectivity index (χ1n) is 9.54. The summed E-state index contributed by atoms with van der Waals surface area (Å²) in [5.74, 6) is -1.31. The van der Waals surface area contributed by atoms with Crippen molar-refractivity contribution in [3.05, 3.63) is 63.6 Å². The molecule has 0 N–H and O–H groups in total. The van der Waals surface area contributed by atoms with E-state index >= 15 is 0 Å². The van der Waals surface area contributed by atoms with Crippen LogP contribution in [-0.2, 0) is 14.8 Å². The van der Waals surface area contributed by atoms with E-state index in [2.05, 4.69) is 0 Å². The normalized spacial score (nSPS) is 15.4. The summed E-state index contributed by atoms with van der Waals surface area (Å²) in [7, 11) is -3.70. The summed E-state index contributed by atoms with van der Waals surface area (Å²) in [6, 6.07) is 10.1. The van der Waals surface area contributed by atoms with E-state index in [4.69, 9.17) is 27.9 Å². The molecule has 6 nitrogen and oxygen atoms in total. The van der Waals surface area contributed by atoms with Gasteiger partial charge in [0, 0.05) is 23.7 Å². The number of Topliss-reactive ketones (excluding diaryl/α,β-unsaturated/α-hetero) is 1. The molecule has 0 saturated carbocycles. The number of carbonyl (C=O) groups excluding carboxylic acids is 2. The van der Waals surface area contributed by atoms with Crippen molar-refractivity contribution in [3.8, 4) is 0 Å². The van der Waals surface area contributed by atoms with Crippen molar-refractivity contribution in [2.75, 3.05) is 19.7 Å². The minimum atomic E-state index is -3.70. The zero-order chi connectivity index (χ0) is 21.7. The molecule has 0 aromatic heterocycles. The van der Waals surface area contributed by atoms with Gasteiger partial charge in [0.2, 0.25) is 15.8 Å². The van der Waals surface area contributed by atoms with Gasteiger partial charge in [-0.25, -0.2) is 13.2 Å². The smallest absolute Gasteiger partial charge is 0.338 e.